The van der Waals surface area contributed by atoms with Gasteiger partial charge in [0, 0.05) is 24.8 Å². The molecule has 2 N–H and O–H groups in total. The summed E-state index contributed by atoms with van der Waals surface area (Å²) in [4.78, 5) is 30.1. The maximum absolute atomic E-state index is 12.3. The number of hydrogen-bond donors (Lipinski definition) is 2. The third kappa shape index (κ3) is 2.21. The highest BCUT2D eigenvalue weighted by Gasteiger charge is 2.30. The SMILES string of the molecule is O=C(O)c1cccc(N2COc3cc(C(=O)N4CCC4)[nH]c32)c1. The number of carboxylic acids is 1. The first-order valence-corrected chi connectivity index (χ1v) is 7.39. The van der Waals surface area contributed by atoms with Gasteiger partial charge in [-0.25, -0.2) is 4.79 Å². The van der Waals surface area contributed by atoms with Crippen LogP contribution in [-0.2, 0) is 0 Å². The van der Waals surface area contributed by atoms with Crippen LogP contribution in [0, 0.1) is 0 Å². The van der Waals surface area contributed by atoms with Gasteiger partial charge in [-0.2, -0.15) is 0 Å². The smallest absolute Gasteiger partial charge is 0.335 e. The number of aromatic carboxylic acids is 1. The molecule has 118 valence electrons. The quantitative estimate of drug-likeness (QED) is 0.905. The van der Waals surface area contributed by atoms with Gasteiger partial charge in [0.15, 0.2) is 18.3 Å². The van der Waals surface area contributed by atoms with Crippen LogP contribution < -0.4 is 9.64 Å². The number of amides is 1. The number of H-pyrrole nitrogens is 1. The van der Waals surface area contributed by atoms with E-state index in [-0.39, 0.29) is 18.2 Å². The van der Waals surface area contributed by atoms with E-state index in [0.29, 0.717) is 22.9 Å². The second kappa shape index (κ2) is 5.05. The number of benzene rings is 1. The van der Waals surface area contributed by atoms with Crippen molar-refractivity contribution in [1.82, 2.24) is 9.88 Å². The molecule has 4 rings (SSSR count). The van der Waals surface area contributed by atoms with E-state index in [2.05, 4.69) is 4.98 Å². The van der Waals surface area contributed by atoms with Gasteiger partial charge in [-0.1, -0.05) is 6.07 Å². The maximum atomic E-state index is 12.3. The summed E-state index contributed by atoms with van der Waals surface area (Å²) in [6, 6.07) is 8.32. The van der Waals surface area contributed by atoms with Crippen molar-refractivity contribution in [2.24, 2.45) is 0 Å². The van der Waals surface area contributed by atoms with E-state index in [1.54, 1.807) is 23.1 Å². The van der Waals surface area contributed by atoms with E-state index in [1.165, 1.54) is 6.07 Å². The number of ether oxygens (including phenoxy) is 1. The van der Waals surface area contributed by atoms with Crippen molar-refractivity contribution in [3.8, 4) is 5.75 Å². The average molecular weight is 313 g/mol. The van der Waals surface area contributed by atoms with Crippen LogP contribution in [0.5, 0.6) is 5.75 Å². The van der Waals surface area contributed by atoms with Gasteiger partial charge in [0.2, 0.25) is 0 Å². The largest absolute Gasteiger partial charge is 0.478 e. The molecule has 3 heterocycles. The second-order valence-electron chi connectivity index (χ2n) is 5.60. The monoisotopic (exact) mass is 313 g/mol. The number of carbonyl (C=O) groups is 2. The molecule has 2 aliphatic rings. The fraction of sp³-hybridized carbons (Fsp3) is 0.250. The second-order valence-corrected chi connectivity index (χ2v) is 5.60. The zero-order chi connectivity index (χ0) is 16.0. The summed E-state index contributed by atoms with van der Waals surface area (Å²) in [5.41, 5.74) is 1.40. The topological polar surface area (TPSA) is 85.9 Å². The van der Waals surface area contributed by atoms with E-state index < -0.39 is 5.97 Å². The van der Waals surface area contributed by atoms with Gasteiger partial charge in [0.25, 0.3) is 5.91 Å². The lowest BCUT2D eigenvalue weighted by Gasteiger charge is -2.30. The predicted molar refractivity (Wildman–Crippen MR) is 82.3 cm³/mol. The lowest BCUT2D eigenvalue weighted by Crippen LogP contribution is -2.42. The van der Waals surface area contributed by atoms with Gasteiger partial charge >= 0.3 is 5.97 Å². The van der Waals surface area contributed by atoms with Crippen LogP contribution in [0.1, 0.15) is 27.3 Å². The molecule has 0 spiro atoms. The summed E-state index contributed by atoms with van der Waals surface area (Å²) in [7, 11) is 0. The van der Waals surface area contributed by atoms with E-state index in [9.17, 15) is 9.59 Å². The molecule has 0 aliphatic carbocycles. The van der Waals surface area contributed by atoms with Crippen molar-refractivity contribution in [1.29, 1.82) is 0 Å². The molecule has 1 saturated heterocycles. The van der Waals surface area contributed by atoms with Crippen LogP contribution in [0.15, 0.2) is 30.3 Å². The zero-order valence-electron chi connectivity index (χ0n) is 12.3. The Morgan fingerprint density at radius 1 is 1.22 bits per heavy atom. The van der Waals surface area contributed by atoms with Crippen LogP contribution in [0.4, 0.5) is 11.5 Å². The summed E-state index contributed by atoms with van der Waals surface area (Å²) in [6.45, 7) is 1.85. The number of fused-ring (bicyclic) bond motifs is 1. The highest BCUT2D eigenvalue weighted by atomic mass is 16.5. The Labute approximate surface area is 132 Å². The Hall–Kier alpha value is -2.96. The average Bonchev–Trinajstić information content (AvgIpc) is 3.05. The first kappa shape index (κ1) is 13.7. The lowest BCUT2D eigenvalue weighted by molar-refractivity contribution is 0.0645. The number of aromatic amines is 1. The minimum atomic E-state index is -0.979. The van der Waals surface area contributed by atoms with Crippen LogP contribution >= 0.6 is 0 Å². The van der Waals surface area contributed by atoms with Crippen LogP contribution in [0.25, 0.3) is 0 Å². The summed E-state index contributed by atoms with van der Waals surface area (Å²) in [5.74, 6) is 0.270. The number of carboxylic acid groups (broad SMARTS) is 1. The van der Waals surface area contributed by atoms with Gasteiger partial charge < -0.3 is 19.7 Å². The number of aromatic nitrogens is 1. The Bertz CT molecular complexity index is 794. The molecule has 0 bridgehead atoms. The van der Waals surface area contributed by atoms with E-state index >= 15 is 0 Å². The Balaban J connectivity index is 1.64. The first-order chi connectivity index (χ1) is 11.1. The van der Waals surface area contributed by atoms with E-state index in [0.717, 1.165) is 19.5 Å². The third-order valence-corrected chi connectivity index (χ3v) is 4.16. The lowest BCUT2D eigenvalue weighted by atomic mass is 10.2. The molecule has 7 nitrogen and oxygen atoms in total. The molecule has 2 aromatic rings. The standard InChI is InChI=1S/C16H15N3O4/c20-15(18-5-2-6-18)12-8-13-14(17-12)19(9-23-13)11-4-1-3-10(7-11)16(21)22/h1,3-4,7-8,17H,2,5-6,9H2,(H,21,22). The zero-order valence-corrected chi connectivity index (χ0v) is 12.3. The summed E-state index contributed by atoms with van der Waals surface area (Å²) < 4.78 is 5.60. The van der Waals surface area contributed by atoms with Crippen molar-refractivity contribution in [2.45, 2.75) is 6.42 Å². The minimum Gasteiger partial charge on any atom is -0.478 e. The highest BCUT2D eigenvalue weighted by Crippen LogP contribution is 2.39. The molecule has 23 heavy (non-hydrogen) atoms. The molecule has 0 unspecified atom stereocenters. The molecule has 1 amide bonds. The normalized spacial score (nSPS) is 15.8. The minimum absolute atomic E-state index is 0.0338. The Morgan fingerprint density at radius 2 is 2.04 bits per heavy atom. The van der Waals surface area contributed by atoms with Gasteiger partial charge in [-0.15, -0.1) is 0 Å². The molecule has 0 saturated carbocycles. The molecular formula is C16H15N3O4. The molecule has 1 fully saturated rings. The Morgan fingerprint density at radius 3 is 2.74 bits per heavy atom. The summed E-state index contributed by atoms with van der Waals surface area (Å²) >= 11 is 0. The van der Waals surface area contributed by atoms with Crippen molar-refractivity contribution >= 4 is 23.4 Å². The van der Waals surface area contributed by atoms with Crippen molar-refractivity contribution in [2.75, 3.05) is 24.7 Å². The van der Waals surface area contributed by atoms with Crippen LogP contribution in [0.3, 0.4) is 0 Å². The van der Waals surface area contributed by atoms with Crippen molar-refractivity contribution in [3.63, 3.8) is 0 Å². The highest BCUT2D eigenvalue weighted by molar-refractivity contribution is 5.95. The molecule has 1 aromatic heterocycles. The maximum Gasteiger partial charge on any atom is 0.335 e. The van der Waals surface area contributed by atoms with Gasteiger partial charge in [0.1, 0.15) is 5.69 Å². The number of carbonyl (C=O) groups excluding carboxylic acids is 1. The molecule has 0 radical (unpaired) electrons. The molecular weight excluding hydrogens is 298 g/mol. The first-order valence-electron chi connectivity index (χ1n) is 7.39. The number of nitrogens with zero attached hydrogens (tertiary/aromatic N) is 2. The molecule has 1 aromatic carbocycles. The van der Waals surface area contributed by atoms with Crippen LogP contribution in [-0.4, -0.2) is 46.7 Å². The fourth-order valence-corrected chi connectivity index (χ4v) is 2.75. The number of rotatable bonds is 3. The van der Waals surface area contributed by atoms with E-state index in [1.807, 2.05) is 11.0 Å². The molecule has 2 aliphatic heterocycles. The van der Waals surface area contributed by atoms with Crippen molar-refractivity contribution < 1.29 is 19.4 Å². The van der Waals surface area contributed by atoms with Gasteiger partial charge in [-0.05, 0) is 24.6 Å². The number of likely N-dealkylation sites (tertiary alicyclic amines) is 1. The van der Waals surface area contributed by atoms with Crippen LogP contribution in [0.2, 0.25) is 0 Å². The predicted octanol–water partition coefficient (Wildman–Crippen LogP) is 2.05. The Kier molecular flexibility index (Phi) is 3.00. The summed E-state index contributed by atoms with van der Waals surface area (Å²) in [6.07, 6.45) is 1.04. The van der Waals surface area contributed by atoms with Gasteiger partial charge in [-0.3, -0.25) is 9.69 Å². The van der Waals surface area contributed by atoms with Gasteiger partial charge in [0.05, 0.1) is 5.56 Å². The number of anilines is 2. The molecule has 7 heteroatoms. The number of nitrogens with one attached hydrogen (secondary N) is 1. The summed E-state index contributed by atoms with van der Waals surface area (Å²) in [5, 5.41) is 9.11. The third-order valence-electron chi connectivity index (χ3n) is 4.16. The number of hydrogen-bond acceptors (Lipinski definition) is 4. The van der Waals surface area contributed by atoms with Crippen molar-refractivity contribution in [3.05, 3.63) is 41.6 Å². The van der Waals surface area contributed by atoms with E-state index in [4.69, 9.17) is 9.84 Å². The fourth-order valence-electron chi connectivity index (χ4n) is 2.75. The molecule has 0 atom stereocenters.